The van der Waals surface area contributed by atoms with Crippen molar-refractivity contribution in [2.45, 2.75) is 43.4 Å². The molecule has 0 aromatic heterocycles. The fraction of sp³-hybridized carbons (Fsp3) is 0.417. The van der Waals surface area contributed by atoms with Gasteiger partial charge in [-0.05, 0) is 74.6 Å². The zero-order valence-corrected chi connectivity index (χ0v) is 18.9. The van der Waals surface area contributed by atoms with Crippen LogP contribution in [0.25, 0.3) is 0 Å². The Morgan fingerprint density at radius 1 is 0.875 bits per heavy atom. The molecule has 2 aliphatic rings. The van der Waals surface area contributed by atoms with Crippen LogP contribution in [0.2, 0.25) is 0 Å². The number of rotatable bonds is 5. The van der Waals surface area contributed by atoms with Crippen LogP contribution in [0.5, 0.6) is 0 Å². The summed E-state index contributed by atoms with van der Waals surface area (Å²) in [6.45, 7) is 2.81. The third-order valence-electron chi connectivity index (χ3n) is 6.14. The first-order chi connectivity index (χ1) is 15.5. The molecule has 0 radical (unpaired) electrons. The minimum Gasteiger partial charge on any atom is -0.370 e. The number of carbonyl (C=O) groups excluding carboxylic acids is 1. The highest BCUT2D eigenvalue weighted by Gasteiger charge is 2.27. The number of anilines is 2. The van der Waals surface area contributed by atoms with Crippen molar-refractivity contribution in [1.82, 2.24) is 4.31 Å². The van der Waals surface area contributed by atoms with Crippen LogP contribution < -0.4 is 10.2 Å². The Bertz CT molecular complexity index is 1110. The van der Waals surface area contributed by atoms with Gasteiger partial charge in [0.2, 0.25) is 10.0 Å². The Morgan fingerprint density at radius 2 is 1.50 bits per heavy atom. The zero-order chi connectivity index (χ0) is 22.6. The standard InChI is InChI=1S/C24H28N4O3S/c25-18-19-7-9-20(10-8-19)24(29)26-22-17-21(32(30,31)28-15-5-2-6-16-28)11-12-23(22)27-13-3-1-4-14-27/h7-12,17H,1-6,13-16H2,(H,26,29). The number of hydrogen-bond acceptors (Lipinski definition) is 5. The lowest BCUT2D eigenvalue weighted by atomic mass is 10.1. The van der Waals surface area contributed by atoms with Gasteiger partial charge in [0, 0.05) is 31.7 Å². The summed E-state index contributed by atoms with van der Waals surface area (Å²) < 4.78 is 28.0. The molecule has 0 saturated carbocycles. The second kappa shape index (κ2) is 9.72. The summed E-state index contributed by atoms with van der Waals surface area (Å²) in [4.78, 5) is 15.3. The molecule has 4 rings (SSSR count). The number of piperidine rings is 2. The number of hydrogen-bond donors (Lipinski definition) is 1. The number of benzene rings is 2. The molecule has 1 amide bonds. The molecule has 2 fully saturated rings. The lowest BCUT2D eigenvalue weighted by molar-refractivity contribution is 0.102. The van der Waals surface area contributed by atoms with Crippen molar-refractivity contribution in [2.75, 3.05) is 36.4 Å². The largest absolute Gasteiger partial charge is 0.370 e. The maximum absolute atomic E-state index is 13.2. The van der Waals surface area contributed by atoms with Gasteiger partial charge < -0.3 is 10.2 Å². The third kappa shape index (κ3) is 4.79. The van der Waals surface area contributed by atoms with Crippen LogP contribution in [-0.2, 0) is 10.0 Å². The Morgan fingerprint density at radius 3 is 2.12 bits per heavy atom. The van der Waals surface area contributed by atoms with Gasteiger partial charge in [-0.15, -0.1) is 0 Å². The molecule has 168 valence electrons. The Labute approximate surface area is 189 Å². The first-order valence-electron chi connectivity index (χ1n) is 11.2. The number of sulfonamides is 1. The smallest absolute Gasteiger partial charge is 0.255 e. The molecular weight excluding hydrogens is 424 g/mol. The fourth-order valence-corrected chi connectivity index (χ4v) is 5.88. The first-order valence-corrected chi connectivity index (χ1v) is 12.6. The average molecular weight is 453 g/mol. The van der Waals surface area contributed by atoms with E-state index in [0.717, 1.165) is 50.9 Å². The Kier molecular flexibility index (Phi) is 6.77. The quantitative estimate of drug-likeness (QED) is 0.741. The molecule has 2 aliphatic heterocycles. The van der Waals surface area contributed by atoms with Gasteiger partial charge in [0.25, 0.3) is 5.91 Å². The minimum atomic E-state index is -3.61. The predicted molar refractivity (Wildman–Crippen MR) is 124 cm³/mol. The van der Waals surface area contributed by atoms with Crippen molar-refractivity contribution in [2.24, 2.45) is 0 Å². The number of amides is 1. The molecule has 0 bridgehead atoms. The van der Waals surface area contributed by atoms with Crippen LogP contribution in [0.3, 0.4) is 0 Å². The maximum Gasteiger partial charge on any atom is 0.255 e. The zero-order valence-electron chi connectivity index (χ0n) is 18.1. The predicted octanol–water partition coefficient (Wildman–Crippen LogP) is 3.98. The SMILES string of the molecule is N#Cc1ccc(C(=O)Nc2cc(S(=O)(=O)N3CCCCC3)ccc2N2CCCCC2)cc1. The molecule has 0 aliphatic carbocycles. The first kappa shape index (κ1) is 22.3. The summed E-state index contributed by atoms with van der Waals surface area (Å²) in [7, 11) is -3.61. The van der Waals surface area contributed by atoms with E-state index in [0.29, 0.717) is 29.9 Å². The molecule has 0 spiro atoms. The van der Waals surface area contributed by atoms with Crippen LogP contribution >= 0.6 is 0 Å². The summed E-state index contributed by atoms with van der Waals surface area (Å²) in [5.74, 6) is -0.333. The van der Waals surface area contributed by atoms with E-state index in [2.05, 4.69) is 10.2 Å². The molecule has 1 N–H and O–H groups in total. The molecular formula is C24H28N4O3S. The lowest BCUT2D eigenvalue weighted by Gasteiger charge is -2.31. The van der Waals surface area contributed by atoms with E-state index in [-0.39, 0.29) is 10.8 Å². The van der Waals surface area contributed by atoms with Gasteiger partial charge in [-0.2, -0.15) is 9.57 Å². The van der Waals surface area contributed by atoms with Crippen molar-refractivity contribution in [3.63, 3.8) is 0 Å². The summed E-state index contributed by atoms with van der Waals surface area (Å²) >= 11 is 0. The number of nitriles is 1. The van der Waals surface area contributed by atoms with Crippen molar-refractivity contribution in [3.8, 4) is 6.07 Å². The lowest BCUT2D eigenvalue weighted by Crippen LogP contribution is -2.35. The van der Waals surface area contributed by atoms with Gasteiger partial charge in [0.05, 0.1) is 27.9 Å². The molecule has 7 nitrogen and oxygen atoms in total. The Balaban J connectivity index is 1.67. The highest BCUT2D eigenvalue weighted by Crippen LogP contribution is 2.33. The normalized spacial score (nSPS) is 17.5. The second-order valence-corrected chi connectivity index (χ2v) is 10.3. The van der Waals surface area contributed by atoms with E-state index >= 15 is 0 Å². The van der Waals surface area contributed by atoms with Crippen LogP contribution in [0.1, 0.15) is 54.4 Å². The van der Waals surface area contributed by atoms with Gasteiger partial charge in [-0.1, -0.05) is 6.42 Å². The molecule has 2 saturated heterocycles. The summed E-state index contributed by atoms with van der Waals surface area (Å²) in [6, 6.07) is 13.5. The van der Waals surface area contributed by atoms with E-state index in [1.807, 2.05) is 12.1 Å². The monoisotopic (exact) mass is 452 g/mol. The minimum absolute atomic E-state index is 0.204. The molecule has 2 aromatic rings. The molecule has 2 aromatic carbocycles. The van der Waals surface area contributed by atoms with Crippen molar-refractivity contribution < 1.29 is 13.2 Å². The summed E-state index contributed by atoms with van der Waals surface area (Å²) in [5.41, 5.74) is 2.23. The maximum atomic E-state index is 13.2. The van der Waals surface area contributed by atoms with Crippen LogP contribution in [-0.4, -0.2) is 44.8 Å². The molecule has 0 atom stereocenters. The fourth-order valence-electron chi connectivity index (χ4n) is 4.33. The van der Waals surface area contributed by atoms with Crippen LogP contribution in [0.4, 0.5) is 11.4 Å². The average Bonchev–Trinajstić information content (AvgIpc) is 2.85. The van der Waals surface area contributed by atoms with Crippen molar-refractivity contribution in [1.29, 1.82) is 5.26 Å². The highest BCUT2D eigenvalue weighted by atomic mass is 32.2. The summed E-state index contributed by atoms with van der Waals surface area (Å²) in [5, 5.41) is 11.9. The van der Waals surface area contributed by atoms with Gasteiger partial charge in [0.15, 0.2) is 0 Å². The second-order valence-electron chi connectivity index (χ2n) is 8.33. The van der Waals surface area contributed by atoms with Gasteiger partial charge in [0.1, 0.15) is 0 Å². The highest BCUT2D eigenvalue weighted by molar-refractivity contribution is 7.89. The van der Waals surface area contributed by atoms with Crippen molar-refractivity contribution in [3.05, 3.63) is 53.6 Å². The molecule has 0 unspecified atom stereocenters. The van der Waals surface area contributed by atoms with E-state index in [1.165, 1.54) is 6.42 Å². The van der Waals surface area contributed by atoms with Gasteiger partial charge >= 0.3 is 0 Å². The summed E-state index contributed by atoms with van der Waals surface area (Å²) in [6.07, 6.45) is 6.09. The number of carbonyl (C=O) groups is 1. The Hall–Kier alpha value is -2.89. The molecule has 8 heteroatoms. The van der Waals surface area contributed by atoms with Crippen LogP contribution in [0, 0.1) is 11.3 Å². The van der Waals surface area contributed by atoms with E-state index in [1.54, 1.807) is 40.7 Å². The van der Waals surface area contributed by atoms with Gasteiger partial charge in [-0.3, -0.25) is 4.79 Å². The van der Waals surface area contributed by atoms with E-state index in [4.69, 9.17) is 5.26 Å². The van der Waals surface area contributed by atoms with E-state index < -0.39 is 10.0 Å². The van der Waals surface area contributed by atoms with E-state index in [9.17, 15) is 13.2 Å². The van der Waals surface area contributed by atoms with Crippen molar-refractivity contribution >= 4 is 27.3 Å². The van der Waals surface area contributed by atoms with Gasteiger partial charge in [-0.25, -0.2) is 8.42 Å². The topological polar surface area (TPSA) is 93.5 Å². The number of nitrogens with zero attached hydrogens (tertiary/aromatic N) is 3. The van der Waals surface area contributed by atoms with Crippen LogP contribution in [0.15, 0.2) is 47.4 Å². The third-order valence-corrected chi connectivity index (χ3v) is 8.04. The molecule has 2 heterocycles. The number of nitrogens with one attached hydrogen (secondary N) is 1. The molecule has 32 heavy (non-hydrogen) atoms.